The molecule has 0 N–H and O–H groups in total. The molecule has 0 amide bonds. The zero-order valence-corrected chi connectivity index (χ0v) is 29.7. The Kier molecular flexibility index (Phi) is 8.08. The molecule has 0 aliphatic heterocycles. The molecule has 0 radical (unpaired) electrons. The summed E-state index contributed by atoms with van der Waals surface area (Å²) in [5, 5.41) is 2.13. The lowest BCUT2D eigenvalue weighted by atomic mass is 9.96. The van der Waals surface area contributed by atoms with Crippen LogP contribution in [0.4, 0.5) is 0 Å². The zero-order valence-electron chi connectivity index (χ0n) is 29.7. The van der Waals surface area contributed by atoms with E-state index in [-0.39, 0.29) is 0 Å². The lowest BCUT2D eigenvalue weighted by Gasteiger charge is -2.10. The monoisotopic (exact) mass is 704 g/mol. The van der Waals surface area contributed by atoms with E-state index in [2.05, 4.69) is 151 Å². The number of hydrogen-bond donors (Lipinski definition) is 0. The Morgan fingerprint density at radius 1 is 0.309 bits per heavy atom. The summed E-state index contributed by atoms with van der Waals surface area (Å²) in [5.41, 5.74) is 13.4. The fraction of sp³-hybridized carbons (Fsp3) is 0. The highest BCUT2D eigenvalue weighted by Crippen LogP contribution is 2.39. The number of fused-ring (bicyclic) bond motifs is 3. The highest BCUT2D eigenvalue weighted by atomic mass is 16.3. The molecule has 0 spiro atoms. The molecule has 0 atom stereocenters. The van der Waals surface area contributed by atoms with Crippen molar-refractivity contribution in [3.8, 4) is 78.7 Å². The van der Waals surface area contributed by atoms with Gasteiger partial charge >= 0.3 is 0 Å². The Morgan fingerprint density at radius 2 is 0.745 bits per heavy atom. The van der Waals surface area contributed by atoms with Gasteiger partial charge in [0.1, 0.15) is 11.2 Å². The Labute approximate surface area is 318 Å². The summed E-state index contributed by atoms with van der Waals surface area (Å²) in [5.74, 6) is 1.77. The van der Waals surface area contributed by atoms with Crippen molar-refractivity contribution < 1.29 is 4.42 Å². The molecule has 0 bridgehead atoms. The number of hydrogen-bond acceptors (Lipinski definition) is 5. The molecule has 0 saturated carbocycles. The van der Waals surface area contributed by atoms with Crippen LogP contribution in [0.25, 0.3) is 101 Å². The van der Waals surface area contributed by atoms with E-state index in [1.807, 2.05) is 36.4 Å². The minimum atomic E-state index is 0.574. The molecule has 5 nitrogen and oxygen atoms in total. The number of aromatic nitrogens is 4. The molecular formula is C50H32N4O. The van der Waals surface area contributed by atoms with Crippen LogP contribution >= 0.6 is 0 Å². The minimum Gasteiger partial charge on any atom is -0.456 e. The van der Waals surface area contributed by atoms with E-state index in [1.54, 1.807) is 12.4 Å². The summed E-state index contributed by atoms with van der Waals surface area (Å²) in [7, 11) is 0. The maximum absolute atomic E-state index is 6.53. The first-order valence-corrected chi connectivity index (χ1v) is 18.3. The summed E-state index contributed by atoms with van der Waals surface area (Å²) in [6, 6.07) is 62.8. The molecule has 10 rings (SSSR count). The lowest BCUT2D eigenvalue weighted by Crippen LogP contribution is -2.00. The topological polar surface area (TPSA) is 64.7 Å². The first-order chi connectivity index (χ1) is 27.2. The summed E-state index contributed by atoms with van der Waals surface area (Å²) in [6.07, 6.45) is 3.61. The maximum Gasteiger partial charge on any atom is 0.164 e. The van der Waals surface area contributed by atoms with Gasteiger partial charge in [0, 0.05) is 39.9 Å². The van der Waals surface area contributed by atoms with Crippen molar-refractivity contribution in [3.63, 3.8) is 0 Å². The highest BCUT2D eigenvalue weighted by molar-refractivity contribution is 6.13. The van der Waals surface area contributed by atoms with Gasteiger partial charge in [-0.2, -0.15) is 0 Å². The number of pyridine rings is 1. The summed E-state index contributed by atoms with van der Waals surface area (Å²) < 4.78 is 6.53. The van der Waals surface area contributed by atoms with Gasteiger partial charge in [0.25, 0.3) is 0 Å². The molecule has 5 heteroatoms. The summed E-state index contributed by atoms with van der Waals surface area (Å²) >= 11 is 0. The standard InChI is InChI=1S/C50H32N4O/c1-3-8-33(9-4-1)35-14-20-39(21-15-35)43-12-7-13-45-47(43)44-27-26-42(32-46(44)55-45)50-53-48(40-22-16-36(17-23-40)34-10-5-2-6-11-34)52-49(54-50)41-24-18-37(19-25-41)38-28-30-51-31-29-38/h1-32H. The average Bonchev–Trinajstić information content (AvgIpc) is 3.66. The predicted octanol–water partition coefficient (Wildman–Crippen LogP) is 12.8. The number of benzene rings is 7. The number of nitrogens with zero attached hydrogens (tertiary/aromatic N) is 4. The third-order valence-electron chi connectivity index (χ3n) is 10.1. The van der Waals surface area contributed by atoms with Crippen LogP contribution in [-0.4, -0.2) is 19.9 Å². The van der Waals surface area contributed by atoms with E-state index in [0.29, 0.717) is 17.5 Å². The van der Waals surface area contributed by atoms with E-state index in [4.69, 9.17) is 19.4 Å². The lowest BCUT2D eigenvalue weighted by molar-refractivity contribution is 0.669. The van der Waals surface area contributed by atoms with Crippen molar-refractivity contribution >= 4 is 21.9 Å². The second-order valence-electron chi connectivity index (χ2n) is 13.5. The SMILES string of the molecule is c1ccc(-c2ccc(-c3nc(-c4ccc(-c5ccncc5)cc4)nc(-c4ccc5c(c4)oc4cccc(-c6ccc(-c7ccccc7)cc6)c45)n3)cc2)cc1. The van der Waals surface area contributed by atoms with E-state index in [1.165, 1.54) is 11.1 Å². The average molecular weight is 705 g/mol. The van der Waals surface area contributed by atoms with Gasteiger partial charge in [0.15, 0.2) is 17.5 Å². The third-order valence-corrected chi connectivity index (χ3v) is 10.1. The van der Waals surface area contributed by atoms with E-state index < -0.39 is 0 Å². The Balaban J connectivity index is 1.06. The van der Waals surface area contributed by atoms with Crippen molar-refractivity contribution in [1.29, 1.82) is 0 Å². The van der Waals surface area contributed by atoms with Crippen LogP contribution in [0, 0.1) is 0 Å². The van der Waals surface area contributed by atoms with E-state index in [9.17, 15) is 0 Å². The molecule has 258 valence electrons. The zero-order chi connectivity index (χ0) is 36.6. The van der Waals surface area contributed by atoms with E-state index in [0.717, 1.165) is 72.0 Å². The van der Waals surface area contributed by atoms with Gasteiger partial charge in [0.2, 0.25) is 0 Å². The van der Waals surface area contributed by atoms with Crippen molar-refractivity contribution in [2.24, 2.45) is 0 Å². The largest absolute Gasteiger partial charge is 0.456 e. The Bertz CT molecular complexity index is 2820. The molecule has 3 aromatic heterocycles. The van der Waals surface area contributed by atoms with Crippen LogP contribution in [0.2, 0.25) is 0 Å². The molecule has 55 heavy (non-hydrogen) atoms. The predicted molar refractivity (Wildman–Crippen MR) is 223 cm³/mol. The first-order valence-electron chi connectivity index (χ1n) is 18.3. The van der Waals surface area contributed by atoms with Crippen LogP contribution in [-0.2, 0) is 0 Å². The highest BCUT2D eigenvalue weighted by Gasteiger charge is 2.17. The normalized spacial score (nSPS) is 11.3. The second-order valence-corrected chi connectivity index (χ2v) is 13.5. The fourth-order valence-electron chi connectivity index (χ4n) is 7.24. The van der Waals surface area contributed by atoms with Crippen LogP contribution in [0.1, 0.15) is 0 Å². The van der Waals surface area contributed by atoms with Crippen LogP contribution in [0.15, 0.2) is 199 Å². The molecule has 0 saturated heterocycles. The fourth-order valence-corrected chi connectivity index (χ4v) is 7.24. The van der Waals surface area contributed by atoms with Crippen LogP contribution in [0.3, 0.4) is 0 Å². The van der Waals surface area contributed by atoms with Gasteiger partial charge in [0.05, 0.1) is 0 Å². The van der Waals surface area contributed by atoms with E-state index >= 15 is 0 Å². The number of furan rings is 1. The summed E-state index contributed by atoms with van der Waals surface area (Å²) in [6.45, 7) is 0. The van der Waals surface area contributed by atoms with Crippen molar-refractivity contribution in [2.75, 3.05) is 0 Å². The minimum absolute atomic E-state index is 0.574. The molecule has 0 unspecified atom stereocenters. The van der Waals surface area contributed by atoms with Gasteiger partial charge in [-0.25, -0.2) is 15.0 Å². The van der Waals surface area contributed by atoms with Gasteiger partial charge in [-0.1, -0.05) is 152 Å². The number of rotatable bonds is 7. The Morgan fingerprint density at radius 3 is 1.29 bits per heavy atom. The van der Waals surface area contributed by atoms with Crippen molar-refractivity contribution in [2.45, 2.75) is 0 Å². The molecule has 0 fully saturated rings. The molecule has 3 heterocycles. The first kappa shape index (κ1) is 32.2. The van der Waals surface area contributed by atoms with Crippen molar-refractivity contribution in [1.82, 2.24) is 19.9 Å². The molecule has 7 aromatic carbocycles. The maximum atomic E-state index is 6.53. The summed E-state index contributed by atoms with van der Waals surface area (Å²) in [4.78, 5) is 19.3. The van der Waals surface area contributed by atoms with Crippen LogP contribution < -0.4 is 0 Å². The van der Waals surface area contributed by atoms with Gasteiger partial charge in [-0.05, 0) is 74.8 Å². The quantitative estimate of drug-likeness (QED) is 0.165. The molecule has 10 aromatic rings. The Hall–Kier alpha value is -7.50. The van der Waals surface area contributed by atoms with Crippen LogP contribution in [0.5, 0.6) is 0 Å². The van der Waals surface area contributed by atoms with Gasteiger partial charge in [-0.15, -0.1) is 0 Å². The van der Waals surface area contributed by atoms with Crippen molar-refractivity contribution in [3.05, 3.63) is 194 Å². The molecule has 0 aliphatic rings. The molecular weight excluding hydrogens is 673 g/mol. The molecule has 0 aliphatic carbocycles. The van der Waals surface area contributed by atoms with Gasteiger partial charge in [-0.3, -0.25) is 4.98 Å². The van der Waals surface area contributed by atoms with Gasteiger partial charge < -0.3 is 4.42 Å². The third kappa shape index (κ3) is 6.24. The smallest absolute Gasteiger partial charge is 0.164 e. The second kappa shape index (κ2) is 13.8.